The Bertz CT molecular complexity index is 511. The molecule has 7 heteroatoms. The van der Waals surface area contributed by atoms with Crippen molar-refractivity contribution in [2.24, 2.45) is 5.92 Å². The minimum Gasteiger partial charge on any atom is -0.468 e. The number of ketones is 1. The number of esters is 1. The average molecular weight is 311 g/mol. The summed E-state index contributed by atoms with van der Waals surface area (Å²) in [5.41, 5.74) is 0. The SMILES string of the molecule is C=CCOC(=O)N[C@@H](c1cccs1)C(C(C)=O)C(=O)OC. The van der Waals surface area contributed by atoms with E-state index in [-0.39, 0.29) is 6.61 Å². The fraction of sp³-hybridized carbons (Fsp3) is 0.357. The second-order valence-corrected chi connectivity index (χ2v) is 5.12. The fourth-order valence-electron chi connectivity index (χ4n) is 1.75. The van der Waals surface area contributed by atoms with Gasteiger partial charge >= 0.3 is 12.1 Å². The highest BCUT2D eigenvalue weighted by molar-refractivity contribution is 7.10. The van der Waals surface area contributed by atoms with E-state index in [0.717, 1.165) is 0 Å². The number of amides is 1. The Labute approximate surface area is 126 Å². The van der Waals surface area contributed by atoms with Gasteiger partial charge in [-0.25, -0.2) is 4.79 Å². The number of hydrogen-bond donors (Lipinski definition) is 1. The zero-order valence-electron chi connectivity index (χ0n) is 11.8. The molecule has 21 heavy (non-hydrogen) atoms. The van der Waals surface area contributed by atoms with Crippen LogP contribution in [0.2, 0.25) is 0 Å². The maximum atomic E-state index is 11.8. The van der Waals surface area contributed by atoms with Gasteiger partial charge in [-0.3, -0.25) is 9.59 Å². The summed E-state index contributed by atoms with van der Waals surface area (Å²) in [6, 6.07) is 2.66. The molecule has 0 spiro atoms. The highest BCUT2D eigenvalue weighted by atomic mass is 32.1. The standard InChI is InChI=1S/C14H17NO5S/c1-4-7-20-14(18)15-12(10-6-5-8-21-10)11(9(2)16)13(17)19-3/h4-6,8,11-12H,1,7H2,2-3H3,(H,15,18)/t11?,12-/m0/s1. The van der Waals surface area contributed by atoms with Crippen molar-refractivity contribution in [3.05, 3.63) is 35.0 Å². The van der Waals surface area contributed by atoms with E-state index in [2.05, 4.69) is 16.6 Å². The Morgan fingerprint density at radius 1 is 1.48 bits per heavy atom. The molecule has 1 aromatic rings. The zero-order valence-corrected chi connectivity index (χ0v) is 12.6. The van der Waals surface area contributed by atoms with Gasteiger partial charge in [-0.05, 0) is 18.4 Å². The van der Waals surface area contributed by atoms with Crippen molar-refractivity contribution in [3.8, 4) is 0 Å². The first-order valence-electron chi connectivity index (χ1n) is 6.17. The molecule has 2 atom stereocenters. The summed E-state index contributed by atoms with van der Waals surface area (Å²) in [6.45, 7) is 4.75. The molecule has 1 N–H and O–H groups in total. The number of nitrogens with one attached hydrogen (secondary N) is 1. The number of carbonyl (C=O) groups excluding carboxylic acids is 3. The monoisotopic (exact) mass is 311 g/mol. The van der Waals surface area contributed by atoms with E-state index in [1.807, 2.05) is 0 Å². The third-order valence-corrected chi connectivity index (χ3v) is 3.64. The van der Waals surface area contributed by atoms with Crippen LogP contribution in [0.15, 0.2) is 30.2 Å². The zero-order chi connectivity index (χ0) is 15.8. The molecule has 1 aromatic heterocycles. The number of hydrogen-bond acceptors (Lipinski definition) is 6. The molecule has 0 saturated heterocycles. The first-order valence-corrected chi connectivity index (χ1v) is 7.05. The van der Waals surface area contributed by atoms with E-state index >= 15 is 0 Å². The number of thiophene rings is 1. The van der Waals surface area contributed by atoms with Crippen LogP contribution in [-0.4, -0.2) is 31.6 Å². The summed E-state index contributed by atoms with van der Waals surface area (Å²) in [4.78, 5) is 36.0. The maximum absolute atomic E-state index is 11.8. The van der Waals surface area contributed by atoms with Crippen LogP contribution >= 0.6 is 11.3 Å². The number of ether oxygens (including phenoxy) is 2. The van der Waals surface area contributed by atoms with Crippen molar-refractivity contribution < 1.29 is 23.9 Å². The van der Waals surface area contributed by atoms with Gasteiger partial charge in [0.15, 0.2) is 0 Å². The lowest BCUT2D eigenvalue weighted by Gasteiger charge is -2.23. The number of alkyl carbamates (subject to hydrolysis) is 1. The Hall–Kier alpha value is -2.15. The van der Waals surface area contributed by atoms with E-state index in [1.165, 1.54) is 31.4 Å². The predicted octanol–water partition coefficient (Wildman–Crippen LogP) is 2.08. The average Bonchev–Trinajstić information content (AvgIpc) is 2.97. The van der Waals surface area contributed by atoms with Crippen molar-refractivity contribution in [1.29, 1.82) is 0 Å². The lowest BCUT2D eigenvalue weighted by Crippen LogP contribution is -2.40. The van der Waals surface area contributed by atoms with E-state index in [4.69, 9.17) is 4.74 Å². The third-order valence-electron chi connectivity index (χ3n) is 2.68. The first-order chi connectivity index (χ1) is 10.0. The van der Waals surface area contributed by atoms with Crippen LogP contribution in [0, 0.1) is 5.92 Å². The van der Waals surface area contributed by atoms with Crippen LogP contribution in [-0.2, 0) is 19.1 Å². The normalized spacial score (nSPS) is 12.9. The van der Waals surface area contributed by atoms with Crippen LogP contribution in [0.25, 0.3) is 0 Å². The molecule has 0 aliphatic rings. The van der Waals surface area contributed by atoms with Crippen molar-refractivity contribution in [2.45, 2.75) is 13.0 Å². The Morgan fingerprint density at radius 2 is 2.19 bits per heavy atom. The highest BCUT2D eigenvalue weighted by Crippen LogP contribution is 2.28. The van der Waals surface area contributed by atoms with Crippen molar-refractivity contribution in [3.63, 3.8) is 0 Å². The molecule has 1 heterocycles. The maximum Gasteiger partial charge on any atom is 0.407 e. The summed E-state index contributed by atoms with van der Waals surface area (Å²) >= 11 is 1.32. The quantitative estimate of drug-likeness (QED) is 0.473. The molecule has 0 saturated carbocycles. The van der Waals surface area contributed by atoms with Crippen molar-refractivity contribution in [1.82, 2.24) is 5.32 Å². The first kappa shape index (κ1) is 16.9. The molecular formula is C14H17NO5S. The van der Waals surface area contributed by atoms with Gasteiger partial charge in [-0.15, -0.1) is 11.3 Å². The lowest BCUT2D eigenvalue weighted by atomic mass is 9.94. The molecule has 0 radical (unpaired) electrons. The molecule has 114 valence electrons. The lowest BCUT2D eigenvalue weighted by molar-refractivity contribution is -0.150. The molecule has 0 fully saturated rings. The van der Waals surface area contributed by atoms with Crippen LogP contribution in [0.1, 0.15) is 17.8 Å². The van der Waals surface area contributed by atoms with Gasteiger partial charge in [0.1, 0.15) is 18.3 Å². The number of methoxy groups -OCH3 is 1. The predicted molar refractivity (Wildman–Crippen MR) is 77.9 cm³/mol. The minimum atomic E-state index is -1.12. The summed E-state index contributed by atoms with van der Waals surface area (Å²) in [6.07, 6.45) is 0.686. The van der Waals surface area contributed by atoms with Gasteiger partial charge < -0.3 is 14.8 Å². The van der Waals surface area contributed by atoms with Gasteiger partial charge in [0.25, 0.3) is 0 Å². The van der Waals surface area contributed by atoms with Crippen molar-refractivity contribution >= 4 is 29.2 Å². The van der Waals surface area contributed by atoms with E-state index in [1.54, 1.807) is 17.5 Å². The van der Waals surface area contributed by atoms with E-state index < -0.39 is 29.8 Å². The number of carbonyl (C=O) groups is 3. The summed E-state index contributed by atoms with van der Waals surface area (Å²) in [5.74, 6) is -2.22. The number of Topliss-reactive ketones (excluding diaryl/α,β-unsaturated/α-hetero) is 1. The van der Waals surface area contributed by atoms with Gasteiger partial charge in [0.2, 0.25) is 0 Å². The molecule has 1 rings (SSSR count). The van der Waals surface area contributed by atoms with E-state index in [0.29, 0.717) is 4.88 Å². The van der Waals surface area contributed by atoms with Crippen LogP contribution in [0.3, 0.4) is 0 Å². The van der Waals surface area contributed by atoms with Crippen LogP contribution in [0.5, 0.6) is 0 Å². The van der Waals surface area contributed by atoms with Gasteiger partial charge in [0, 0.05) is 4.88 Å². The molecule has 6 nitrogen and oxygen atoms in total. The topological polar surface area (TPSA) is 81.7 Å². The summed E-state index contributed by atoms with van der Waals surface area (Å²) in [7, 11) is 1.19. The molecule has 1 amide bonds. The number of rotatable bonds is 7. The summed E-state index contributed by atoms with van der Waals surface area (Å²) in [5, 5.41) is 4.32. The minimum absolute atomic E-state index is 0.0337. The Balaban J connectivity index is 3.01. The van der Waals surface area contributed by atoms with Gasteiger partial charge in [0.05, 0.1) is 13.2 Å². The molecule has 0 aliphatic heterocycles. The van der Waals surface area contributed by atoms with Crippen LogP contribution in [0.4, 0.5) is 4.79 Å². The largest absolute Gasteiger partial charge is 0.468 e. The Kier molecular flexibility index (Phi) is 6.61. The molecule has 0 bridgehead atoms. The second kappa shape index (κ2) is 8.21. The van der Waals surface area contributed by atoms with Crippen molar-refractivity contribution in [2.75, 3.05) is 13.7 Å². The molecule has 0 aliphatic carbocycles. The fourth-order valence-corrected chi connectivity index (χ4v) is 2.57. The summed E-state index contributed by atoms with van der Waals surface area (Å²) < 4.78 is 9.49. The smallest absolute Gasteiger partial charge is 0.407 e. The second-order valence-electron chi connectivity index (χ2n) is 4.14. The van der Waals surface area contributed by atoms with Crippen LogP contribution < -0.4 is 5.32 Å². The molecule has 0 aromatic carbocycles. The molecule has 1 unspecified atom stereocenters. The van der Waals surface area contributed by atoms with Gasteiger partial charge in [-0.2, -0.15) is 0 Å². The van der Waals surface area contributed by atoms with Gasteiger partial charge in [-0.1, -0.05) is 18.7 Å². The molecular weight excluding hydrogens is 294 g/mol. The highest BCUT2D eigenvalue weighted by Gasteiger charge is 2.36. The third kappa shape index (κ3) is 4.71. The Morgan fingerprint density at radius 3 is 2.67 bits per heavy atom. The van der Waals surface area contributed by atoms with E-state index in [9.17, 15) is 14.4 Å².